The quantitative estimate of drug-likeness (QED) is 0.847. The molecule has 1 heterocycles. The number of carbonyl (C=O) groups is 1. The Kier molecular flexibility index (Phi) is 4.65. The van der Waals surface area contributed by atoms with Crippen molar-refractivity contribution in [2.24, 2.45) is 0 Å². The van der Waals surface area contributed by atoms with E-state index >= 15 is 0 Å². The summed E-state index contributed by atoms with van der Waals surface area (Å²) in [6, 6.07) is 9.35. The zero-order chi connectivity index (χ0) is 15.5. The lowest BCUT2D eigenvalue weighted by atomic mass is 10.1. The molecule has 2 atom stereocenters. The maximum Gasteiger partial charge on any atom is 0.410 e. The summed E-state index contributed by atoms with van der Waals surface area (Å²) >= 11 is 0. The molecule has 5 nitrogen and oxygen atoms in total. The molecule has 0 aromatic heterocycles. The lowest BCUT2D eigenvalue weighted by molar-refractivity contribution is -0.0489. The van der Waals surface area contributed by atoms with Crippen LogP contribution in [0.1, 0.15) is 19.4 Å². The zero-order valence-electron chi connectivity index (χ0n) is 12.4. The second kappa shape index (κ2) is 6.28. The molecule has 21 heavy (non-hydrogen) atoms. The monoisotopic (exact) mass is 291 g/mol. The predicted octanol–water partition coefficient (Wildman–Crippen LogP) is 2.87. The van der Waals surface area contributed by atoms with Gasteiger partial charge in [0, 0.05) is 0 Å². The molecule has 0 radical (unpaired) electrons. The molecule has 2 rings (SSSR count). The Morgan fingerprint density at radius 1 is 1.57 bits per heavy atom. The highest BCUT2D eigenvalue weighted by molar-refractivity contribution is 5.67. The van der Waals surface area contributed by atoms with Gasteiger partial charge in [0.2, 0.25) is 0 Å². The van der Waals surface area contributed by atoms with E-state index in [-0.39, 0.29) is 0 Å². The minimum Gasteiger partial charge on any atom is -0.465 e. The molecule has 0 saturated carbocycles. The second-order valence-electron chi connectivity index (χ2n) is 5.47. The van der Waals surface area contributed by atoms with Crippen LogP contribution < -0.4 is 0 Å². The number of hydrogen-bond donors (Lipinski definition) is 1. The van der Waals surface area contributed by atoms with E-state index < -0.39 is 24.0 Å². The Balaban J connectivity index is 2.07. The highest BCUT2D eigenvalue weighted by Crippen LogP contribution is 2.30. The van der Waals surface area contributed by atoms with Crippen LogP contribution in [0.25, 0.3) is 0 Å². The summed E-state index contributed by atoms with van der Waals surface area (Å²) in [5, 5.41) is 9.41. The van der Waals surface area contributed by atoms with E-state index in [1.54, 1.807) is 19.9 Å². The van der Waals surface area contributed by atoms with Gasteiger partial charge in [-0.2, -0.15) is 0 Å². The number of rotatable bonds is 5. The molecule has 1 aromatic carbocycles. The fraction of sp³-hybridized carbons (Fsp3) is 0.438. The van der Waals surface area contributed by atoms with Crippen molar-refractivity contribution in [3.05, 3.63) is 48.6 Å². The van der Waals surface area contributed by atoms with Crippen molar-refractivity contribution in [2.45, 2.75) is 38.3 Å². The Labute approximate surface area is 124 Å². The third-order valence-corrected chi connectivity index (χ3v) is 3.62. The first-order chi connectivity index (χ1) is 9.95. The van der Waals surface area contributed by atoms with Crippen LogP contribution in [0.4, 0.5) is 4.79 Å². The van der Waals surface area contributed by atoms with E-state index in [1.807, 2.05) is 30.3 Å². The molecule has 1 aliphatic heterocycles. The number of ether oxygens (including phenoxy) is 2. The number of amides is 1. The Morgan fingerprint density at radius 3 is 2.81 bits per heavy atom. The zero-order valence-corrected chi connectivity index (χ0v) is 12.4. The highest BCUT2D eigenvalue weighted by atomic mass is 16.5. The maximum absolute atomic E-state index is 11.5. The molecular weight excluding hydrogens is 270 g/mol. The van der Waals surface area contributed by atoms with Crippen molar-refractivity contribution in [1.82, 2.24) is 4.90 Å². The largest absolute Gasteiger partial charge is 0.465 e. The maximum atomic E-state index is 11.5. The fourth-order valence-electron chi connectivity index (χ4n) is 2.55. The number of hydrogen-bond acceptors (Lipinski definition) is 3. The lowest BCUT2D eigenvalue weighted by Crippen LogP contribution is -2.51. The van der Waals surface area contributed by atoms with Crippen LogP contribution in [0.15, 0.2) is 43.0 Å². The summed E-state index contributed by atoms with van der Waals surface area (Å²) in [6.07, 6.45) is 0.203. The van der Waals surface area contributed by atoms with E-state index in [9.17, 15) is 9.90 Å². The molecule has 114 valence electrons. The molecule has 0 unspecified atom stereocenters. The van der Waals surface area contributed by atoms with Crippen molar-refractivity contribution in [3.8, 4) is 0 Å². The molecule has 1 amide bonds. The first-order valence-corrected chi connectivity index (χ1v) is 6.90. The van der Waals surface area contributed by atoms with Gasteiger partial charge in [-0.05, 0) is 19.4 Å². The van der Waals surface area contributed by atoms with Gasteiger partial charge in [-0.25, -0.2) is 4.79 Å². The van der Waals surface area contributed by atoms with Gasteiger partial charge in [0.25, 0.3) is 0 Å². The average Bonchev–Trinajstić information content (AvgIpc) is 2.76. The molecule has 0 aliphatic carbocycles. The highest BCUT2D eigenvalue weighted by Gasteiger charge is 2.46. The Morgan fingerprint density at radius 2 is 2.24 bits per heavy atom. The van der Waals surface area contributed by atoms with Crippen LogP contribution in [0.2, 0.25) is 0 Å². The van der Waals surface area contributed by atoms with E-state index in [2.05, 4.69) is 6.58 Å². The summed E-state index contributed by atoms with van der Waals surface area (Å²) in [4.78, 5) is 12.8. The molecule has 1 aromatic rings. The minimum atomic E-state index is -1.02. The standard InChI is InChI=1S/C16H21NO4/c1-4-14(20-10-12-8-6-5-7-9-12)13-11-21-16(2,3)17(13)15(18)19/h4-9,13-14H,1,10-11H2,2-3H3,(H,18,19)/t13-,14+/m0/s1. The van der Waals surface area contributed by atoms with Gasteiger partial charge < -0.3 is 14.6 Å². The number of carboxylic acid groups (broad SMARTS) is 1. The van der Waals surface area contributed by atoms with Crippen LogP contribution in [0, 0.1) is 0 Å². The van der Waals surface area contributed by atoms with Crippen molar-refractivity contribution in [1.29, 1.82) is 0 Å². The first-order valence-electron chi connectivity index (χ1n) is 6.90. The van der Waals surface area contributed by atoms with Crippen molar-refractivity contribution in [2.75, 3.05) is 6.61 Å². The van der Waals surface area contributed by atoms with E-state index in [0.717, 1.165) is 5.56 Å². The SMILES string of the molecule is C=C[C@@H](OCc1ccccc1)[C@@H]1COC(C)(C)N1C(=O)O. The van der Waals surface area contributed by atoms with Gasteiger partial charge in [0.15, 0.2) is 0 Å². The van der Waals surface area contributed by atoms with Gasteiger partial charge >= 0.3 is 6.09 Å². The fourth-order valence-corrected chi connectivity index (χ4v) is 2.55. The summed E-state index contributed by atoms with van der Waals surface area (Å²) in [6.45, 7) is 7.93. The molecule has 0 bridgehead atoms. The first kappa shape index (κ1) is 15.5. The summed E-state index contributed by atoms with van der Waals surface area (Å²) in [7, 11) is 0. The Bertz CT molecular complexity index is 500. The molecule has 1 N–H and O–H groups in total. The van der Waals surface area contributed by atoms with E-state index in [0.29, 0.717) is 13.2 Å². The van der Waals surface area contributed by atoms with Crippen LogP contribution >= 0.6 is 0 Å². The summed E-state index contributed by atoms with van der Waals surface area (Å²) < 4.78 is 11.4. The van der Waals surface area contributed by atoms with Crippen molar-refractivity contribution < 1.29 is 19.4 Å². The second-order valence-corrected chi connectivity index (χ2v) is 5.47. The van der Waals surface area contributed by atoms with Gasteiger partial charge in [-0.1, -0.05) is 36.4 Å². The third kappa shape index (κ3) is 3.43. The summed E-state index contributed by atoms with van der Waals surface area (Å²) in [5.41, 5.74) is 0.179. The molecule has 1 saturated heterocycles. The number of benzene rings is 1. The smallest absolute Gasteiger partial charge is 0.410 e. The van der Waals surface area contributed by atoms with Crippen molar-refractivity contribution >= 4 is 6.09 Å². The molecule has 0 spiro atoms. The van der Waals surface area contributed by atoms with Crippen molar-refractivity contribution in [3.63, 3.8) is 0 Å². The molecular formula is C16H21NO4. The van der Waals surface area contributed by atoms with Gasteiger partial charge in [-0.3, -0.25) is 4.90 Å². The van der Waals surface area contributed by atoms with Gasteiger partial charge in [-0.15, -0.1) is 6.58 Å². The Hall–Kier alpha value is -1.85. The average molecular weight is 291 g/mol. The lowest BCUT2D eigenvalue weighted by Gasteiger charge is -2.33. The third-order valence-electron chi connectivity index (χ3n) is 3.62. The topological polar surface area (TPSA) is 59.0 Å². The van der Waals surface area contributed by atoms with Gasteiger partial charge in [0.05, 0.1) is 25.4 Å². The van der Waals surface area contributed by atoms with E-state index in [1.165, 1.54) is 4.90 Å². The van der Waals surface area contributed by atoms with E-state index in [4.69, 9.17) is 9.47 Å². The molecule has 1 fully saturated rings. The van der Waals surface area contributed by atoms with Gasteiger partial charge in [0.1, 0.15) is 5.72 Å². The van der Waals surface area contributed by atoms with Crippen LogP contribution in [0.5, 0.6) is 0 Å². The predicted molar refractivity (Wildman–Crippen MR) is 78.9 cm³/mol. The number of nitrogens with zero attached hydrogens (tertiary/aromatic N) is 1. The normalized spacial score (nSPS) is 22.0. The molecule has 1 aliphatic rings. The van der Waals surface area contributed by atoms with Crippen LogP contribution in [-0.4, -0.2) is 40.6 Å². The van der Waals surface area contributed by atoms with Crippen LogP contribution in [0.3, 0.4) is 0 Å². The summed E-state index contributed by atoms with van der Waals surface area (Å²) in [5.74, 6) is 0. The molecule has 5 heteroatoms. The minimum absolute atomic E-state index is 0.296. The van der Waals surface area contributed by atoms with Crippen LogP contribution in [-0.2, 0) is 16.1 Å².